The zero-order chi connectivity index (χ0) is 17.4. The van der Waals surface area contributed by atoms with Gasteiger partial charge in [0, 0.05) is 4.90 Å². The van der Waals surface area contributed by atoms with E-state index in [4.69, 9.17) is 9.47 Å². The van der Waals surface area contributed by atoms with E-state index in [1.165, 1.54) is 23.9 Å². The van der Waals surface area contributed by atoms with Gasteiger partial charge in [-0.1, -0.05) is 0 Å². The normalized spacial score (nSPS) is 20.7. The summed E-state index contributed by atoms with van der Waals surface area (Å²) in [5, 5.41) is 0. The first-order chi connectivity index (χ1) is 10.5. The van der Waals surface area contributed by atoms with Crippen LogP contribution in [0.4, 0.5) is 9.18 Å². The lowest BCUT2D eigenvalue weighted by atomic mass is 10.1. The molecule has 0 aromatic heterocycles. The predicted octanol–water partition coefficient (Wildman–Crippen LogP) is 4.59. The van der Waals surface area contributed by atoms with Gasteiger partial charge in [-0.3, -0.25) is 4.90 Å². The van der Waals surface area contributed by atoms with Crippen molar-refractivity contribution in [2.75, 3.05) is 12.9 Å². The van der Waals surface area contributed by atoms with Crippen LogP contribution >= 0.6 is 11.8 Å². The topological polar surface area (TPSA) is 38.8 Å². The summed E-state index contributed by atoms with van der Waals surface area (Å²) in [6.45, 7) is 9.38. The van der Waals surface area contributed by atoms with E-state index in [9.17, 15) is 9.18 Å². The van der Waals surface area contributed by atoms with Gasteiger partial charge in [-0.25, -0.2) is 9.18 Å². The molecule has 1 amide bonds. The summed E-state index contributed by atoms with van der Waals surface area (Å²) in [4.78, 5) is 15.0. The third kappa shape index (κ3) is 4.18. The van der Waals surface area contributed by atoms with Crippen LogP contribution in [-0.4, -0.2) is 35.2 Å². The van der Waals surface area contributed by atoms with Crippen LogP contribution in [0, 0.1) is 5.82 Å². The minimum Gasteiger partial charge on any atom is -0.444 e. The monoisotopic (exact) mass is 341 g/mol. The van der Waals surface area contributed by atoms with E-state index in [-0.39, 0.29) is 11.9 Å². The minimum absolute atomic E-state index is 0.309. The van der Waals surface area contributed by atoms with Gasteiger partial charge in [0.2, 0.25) is 0 Å². The zero-order valence-electron chi connectivity index (χ0n) is 14.5. The molecule has 0 aliphatic carbocycles. The van der Waals surface area contributed by atoms with Crippen LogP contribution in [0.1, 0.15) is 46.2 Å². The quantitative estimate of drug-likeness (QED) is 0.737. The Morgan fingerprint density at radius 2 is 2.04 bits per heavy atom. The van der Waals surface area contributed by atoms with Gasteiger partial charge in [0.15, 0.2) is 0 Å². The van der Waals surface area contributed by atoms with Crippen molar-refractivity contribution in [3.8, 4) is 0 Å². The molecule has 0 bridgehead atoms. The number of hydrogen-bond donors (Lipinski definition) is 0. The predicted molar refractivity (Wildman–Crippen MR) is 89.0 cm³/mol. The number of benzene rings is 1. The van der Waals surface area contributed by atoms with Crippen molar-refractivity contribution in [2.24, 2.45) is 0 Å². The summed E-state index contributed by atoms with van der Waals surface area (Å²) in [7, 11) is 0. The molecule has 1 atom stereocenters. The molecule has 0 radical (unpaired) electrons. The highest BCUT2D eigenvalue weighted by atomic mass is 32.2. The Bertz CT molecular complexity index is 598. The van der Waals surface area contributed by atoms with Crippen molar-refractivity contribution in [1.82, 2.24) is 4.90 Å². The van der Waals surface area contributed by atoms with Crippen molar-refractivity contribution in [3.05, 3.63) is 29.6 Å². The molecule has 1 aliphatic rings. The number of carbonyl (C=O) groups excluding carboxylic acids is 1. The molecule has 1 aromatic rings. The number of carbonyl (C=O) groups is 1. The molecular weight excluding hydrogens is 317 g/mol. The van der Waals surface area contributed by atoms with Gasteiger partial charge in [-0.15, -0.1) is 11.8 Å². The highest BCUT2D eigenvalue weighted by Gasteiger charge is 2.46. The Labute approximate surface area is 141 Å². The van der Waals surface area contributed by atoms with E-state index in [0.29, 0.717) is 12.2 Å². The molecule has 1 heterocycles. The maximum Gasteiger partial charge on any atom is 0.413 e. The lowest BCUT2D eigenvalue weighted by molar-refractivity contribution is -0.0626. The van der Waals surface area contributed by atoms with E-state index < -0.39 is 17.4 Å². The van der Waals surface area contributed by atoms with Gasteiger partial charge >= 0.3 is 6.09 Å². The summed E-state index contributed by atoms with van der Waals surface area (Å²) in [5.74, 6) is -0.319. The number of nitrogens with zero attached hydrogens (tertiary/aromatic N) is 1. The van der Waals surface area contributed by atoms with E-state index >= 15 is 0 Å². The summed E-state index contributed by atoms with van der Waals surface area (Å²) in [6.07, 6.45) is 1.43. The molecule has 6 heteroatoms. The third-order valence-corrected chi connectivity index (χ3v) is 4.30. The number of hydrogen-bond acceptors (Lipinski definition) is 4. The second kappa shape index (κ2) is 6.32. The number of rotatable bonds is 2. The number of amides is 1. The molecule has 0 spiro atoms. The van der Waals surface area contributed by atoms with Crippen LogP contribution in [0.2, 0.25) is 0 Å². The second-order valence-corrected chi connectivity index (χ2v) is 7.93. The number of halogens is 1. The van der Waals surface area contributed by atoms with Gasteiger partial charge in [0.05, 0.1) is 12.6 Å². The maximum atomic E-state index is 13.9. The third-order valence-electron chi connectivity index (χ3n) is 3.59. The van der Waals surface area contributed by atoms with Gasteiger partial charge in [0.25, 0.3) is 0 Å². The molecule has 128 valence electrons. The zero-order valence-corrected chi connectivity index (χ0v) is 15.3. The fourth-order valence-electron chi connectivity index (χ4n) is 2.60. The molecular formula is C17H24FNO3S. The fraction of sp³-hybridized carbons (Fsp3) is 0.588. The number of ether oxygens (including phenoxy) is 2. The van der Waals surface area contributed by atoms with E-state index in [1.54, 1.807) is 4.90 Å². The van der Waals surface area contributed by atoms with Crippen LogP contribution in [0.5, 0.6) is 0 Å². The highest BCUT2D eigenvalue weighted by molar-refractivity contribution is 7.98. The fourth-order valence-corrected chi connectivity index (χ4v) is 3.08. The molecule has 23 heavy (non-hydrogen) atoms. The first-order valence-corrected chi connectivity index (χ1v) is 8.77. The SMILES string of the molecule is CSc1cc(F)cc(C2COC(C)(C)N2C(=O)OC(C)(C)C)c1. The van der Waals surface area contributed by atoms with E-state index in [2.05, 4.69) is 0 Å². The number of thioether (sulfide) groups is 1. The Kier molecular flexibility index (Phi) is 4.97. The first-order valence-electron chi connectivity index (χ1n) is 7.54. The molecule has 1 aromatic carbocycles. The lowest BCUT2D eigenvalue weighted by Crippen LogP contribution is -2.47. The van der Waals surface area contributed by atoms with E-state index in [1.807, 2.05) is 46.9 Å². The van der Waals surface area contributed by atoms with Crippen LogP contribution in [0.15, 0.2) is 23.1 Å². The average molecular weight is 341 g/mol. The van der Waals surface area contributed by atoms with Crippen LogP contribution in [-0.2, 0) is 9.47 Å². The van der Waals surface area contributed by atoms with Crippen LogP contribution < -0.4 is 0 Å². The van der Waals surface area contributed by atoms with Crippen molar-refractivity contribution in [1.29, 1.82) is 0 Å². The van der Waals surface area contributed by atoms with Gasteiger partial charge in [-0.05, 0) is 64.6 Å². The van der Waals surface area contributed by atoms with Crippen molar-refractivity contribution < 1.29 is 18.7 Å². The molecule has 4 nitrogen and oxygen atoms in total. The Balaban J connectivity index is 2.37. The largest absolute Gasteiger partial charge is 0.444 e. The molecule has 0 saturated carbocycles. The molecule has 1 fully saturated rings. The minimum atomic E-state index is -0.807. The molecule has 2 rings (SSSR count). The van der Waals surface area contributed by atoms with Gasteiger partial charge < -0.3 is 9.47 Å². The van der Waals surface area contributed by atoms with Gasteiger partial charge in [-0.2, -0.15) is 0 Å². The highest BCUT2D eigenvalue weighted by Crippen LogP contribution is 2.39. The average Bonchev–Trinajstić information content (AvgIpc) is 2.71. The molecule has 1 aliphatic heterocycles. The van der Waals surface area contributed by atoms with Crippen molar-refractivity contribution in [2.45, 2.75) is 56.9 Å². The summed E-state index contributed by atoms with van der Waals surface area (Å²) in [6, 6.07) is 4.45. The second-order valence-electron chi connectivity index (χ2n) is 7.05. The first kappa shape index (κ1) is 18.1. The van der Waals surface area contributed by atoms with Crippen molar-refractivity contribution in [3.63, 3.8) is 0 Å². The Morgan fingerprint density at radius 1 is 1.39 bits per heavy atom. The van der Waals surface area contributed by atoms with Crippen molar-refractivity contribution >= 4 is 17.9 Å². The lowest BCUT2D eigenvalue weighted by Gasteiger charge is -2.35. The van der Waals surface area contributed by atoms with E-state index in [0.717, 1.165) is 4.90 Å². The maximum absolute atomic E-state index is 13.9. The Hall–Kier alpha value is -1.27. The summed E-state index contributed by atoms with van der Waals surface area (Å²) < 4.78 is 25.1. The van der Waals surface area contributed by atoms with Crippen LogP contribution in [0.25, 0.3) is 0 Å². The standard InChI is InChI=1S/C17H24FNO3S/c1-16(2,3)22-15(20)19-14(10-21-17(19,4)5)11-7-12(18)9-13(8-11)23-6/h7-9,14H,10H2,1-6H3. The van der Waals surface area contributed by atoms with Gasteiger partial charge in [0.1, 0.15) is 17.1 Å². The summed E-state index contributed by atoms with van der Waals surface area (Å²) in [5.41, 5.74) is -0.698. The summed E-state index contributed by atoms with van der Waals surface area (Å²) >= 11 is 1.46. The molecule has 1 unspecified atom stereocenters. The van der Waals surface area contributed by atoms with Crippen LogP contribution in [0.3, 0.4) is 0 Å². The molecule has 0 N–H and O–H groups in total. The Morgan fingerprint density at radius 3 is 2.61 bits per heavy atom. The molecule has 1 saturated heterocycles. The smallest absolute Gasteiger partial charge is 0.413 e.